The van der Waals surface area contributed by atoms with E-state index in [9.17, 15) is 18.5 Å². The van der Waals surface area contributed by atoms with E-state index in [1.807, 2.05) is 0 Å². The molecule has 0 aliphatic carbocycles. The predicted molar refractivity (Wildman–Crippen MR) is 70.6 cm³/mol. The largest absolute Gasteiger partial charge is 0.283 e. The fourth-order valence-corrected chi connectivity index (χ4v) is 2.77. The van der Waals surface area contributed by atoms with Crippen molar-refractivity contribution in [3.8, 4) is 0 Å². The summed E-state index contributed by atoms with van der Waals surface area (Å²) in [6, 6.07) is 4.02. The molecule has 0 aliphatic heterocycles. The maximum absolute atomic E-state index is 11.7. The third-order valence-corrected chi connectivity index (χ3v) is 3.87. The summed E-state index contributed by atoms with van der Waals surface area (Å²) >= 11 is 5.43. The number of nitrogens with zero attached hydrogens (tertiary/aromatic N) is 1. The van der Waals surface area contributed by atoms with Crippen LogP contribution in [0.25, 0.3) is 0 Å². The van der Waals surface area contributed by atoms with E-state index in [0.29, 0.717) is 12.0 Å². The van der Waals surface area contributed by atoms with Gasteiger partial charge in [0.1, 0.15) is 0 Å². The lowest BCUT2D eigenvalue weighted by Gasteiger charge is -2.09. The summed E-state index contributed by atoms with van der Waals surface area (Å²) < 4.78 is 25.6. The van der Waals surface area contributed by atoms with Crippen LogP contribution in [-0.2, 0) is 10.0 Å². The Kier molecular flexibility index (Phi) is 4.92. The van der Waals surface area contributed by atoms with Crippen molar-refractivity contribution >= 4 is 33.0 Å². The molecule has 100 valence electrons. The fourth-order valence-electron chi connectivity index (χ4n) is 1.30. The first-order valence-corrected chi connectivity index (χ1v) is 7.36. The van der Waals surface area contributed by atoms with E-state index in [1.54, 1.807) is 6.92 Å². The maximum atomic E-state index is 11.7. The Morgan fingerprint density at radius 3 is 2.67 bits per heavy atom. The Morgan fingerprint density at radius 1 is 1.44 bits per heavy atom. The number of hydrogen-bond donors (Lipinski definition) is 1. The zero-order valence-electron chi connectivity index (χ0n) is 9.72. The first kappa shape index (κ1) is 14.7. The lowest BCUT2D eigenvalue weighted by Crippen LogP contribution is -2.17. The second kappa shape index (κ2) is 6.01. The van der Waals surface area contributed by atoms with Gasteiger partial charge < -0.3 is 0 Å². The number of alkyl halides is 1. The summed E-state index contributed by atoms with van der Waals surface area (Å²) in [5.74, 6) is 0.132. The van der Waals surface area contributed by atoms with E-state index in [4.69, 9.17) is 11.6 Å². The molecule has 0 amide bonds. The lowest BCUT2D eigenvalue weighted by molar-refractivity contribution is -0.384. The number of aryl methyl sites for hydroxylation is 1. The molecule has 0 fully saturated rings. The van der Waals surface area contributed by atoms with Gasteiger partial charge in [-0.15, -0.1) is 11.6 Å². The molecule has 0 heterocycles. The normalized spacial score (nSPS) is 11.2. The van der Waals surface area contributed by atoms with Crippen LogP contribution >= 0.6 is 11.6 Å². The zero-order valence-corrected chi connectivity index (χ0v) is 11.3. The summed E-state index contributed by atoms with van der Waals surface area (Å²) in [5, 5.41) is 10.6. The average Bonchev–Trinajstić information content (AvgIpc) is 2.29. The highest BCUT2D eigenvalue weighted by molar-refractivity contribution is 7.92. The van der Waals surface area contributed by atoms with Gasteiger partial charge in [0, 0.05) is 18.0 Å². The van der Waals surface area contributed by atoms with Crippen molar-refractivity contribution in [3.63, 3.8) is 0 Å². The van der Waals surface area contributed by atoms with Crippen LogP contribution in [0.1, 0.15) is 12.0 Å². The van der Waals surface area contributed by atoms with E-state index in [1.165, 1.54) is 18.2 Å². The van der Waals surface area contributed by atoms with Crippen LogP contribution < -0.4 is 4.72 Å². The summed E-state index contributed by atoms with van der Waals surface area (Å²) in [6.07, 6.45) is 0.324. The number of nitro groups is 1. The van der Waals surface area contributed by atoms with Crippen molar-refractivity contribution in [1.29, 1.82) is 0 Å². The number of rotatable bonds is 6. The quantitative estimate of drug-likeness (QED) is 0.495. The Labute approximate surface area is 110 Å². The minimum Gasteiger partial charge on any atom is -0.283 e. The smallest absolute Gasteiger partial charge is 0.271 e. The van der Waals surface area contributed by atoms with Crippen LogP contribution in [0.5, 0.6) is 0 Å². The Bertz CT molecular complexity index is 545. The first-order chi connectivity index (χ1) is 8.35. The molecule has 1 rings (SSSR count). The van der Waals surface area contributed by atoms with E-state index in [2.05, 4.69) is 4.72 Å². The van der Waals surface area contributed by atoms with Crippen LogP contribution in [-0.4, -0.2) is 25.0 Å². The molecule has 1 aromatic carbocycles. The molecule has 0 radical (unpaired) electrons. The molecule has 0 unspecified atom stereocenters. The van der Waals surface area contributed by atoms with Gasteiger partial charge in [0.05, 0.1) is 16.4 Å². The van der Waals surface area contributed by atoms with Crippen LogP contribution in [0.15, 0.2) is 18.2 Å². The van der Waals surface area contributed by atoms with Crippen molar-refractivity contribution in [1.82, 2.24) is 0 Å². The molecule has 0 atom stereocenters. The molecule has 0 saturated carbocycles. The van der Waals surface area contributed by atoms with Gasteiger partial charge in [0.15, 0.2) is 0 Å². The SMILES string of the molecule is Cc1ccc([N+](=O)[O-])cc1NS(=O)(=O)CCCCl. The second-order valence-corrected chi connectivity index (χ2v) is 5.94. The highest BCUT2D eigenvalue weighted by atomic mass is 35.5. The molecule has 0 aromatic heterocycles. The summed E-state index contributed by atoms with van der Waals surface area (Å²) in [5.41, 5.74) is 0.685. The monoisotopic (exact) mass is 292 g/mol. The van der Waals surface area contributed by atoms with E-state index in [0.717, 1.165) is 0 Å². The minimum absolute atomic E-state index is 0.112. The first-order valence-electron chi connectivity index (χ1n) is 5.17. The molecular weight excluding hydrogens is 280 g/mol. The van der Waals surface area contributed by atoms with Crippen LogP contribution in [0.2, 0.25) is 0 Å². The molecule has 0 aliphatic rings. The molecule has 8 heteroatoms. The molecule has 0 spiro atoms. The summed E-state index contributed by atoms with van der Waals surface area (Å²) in [6.45, 7) is 1.67. The van der Waals surface area contributed by atoms with Crippen molar-refractivity contribution in [2.24, 2.45) is 0 Å². The third kappa shape index (κ3) is 4.15. The van der Waals surface area contributed by atoms with Gasteiger partial charge in [-0.05, 0) is 18.9 Å². The molecule has 1 N–H and O–H groups in total. The zero-order chi connectivity index (χ0) is 13.8. The Hall–Kier alpha value is -1.34. The van der Waals surface area contributed by atoms with Crippen molar-refractivity contribution in [2.45, 2.75) is 13.3 Å². The number of halogens is 1. The number of nitro benzene ring substituents is 1. The van der Waals surface area contributed by atoms with E-state index >= 15 is 0 Å². The van der Waals surface area contributed by atoms with Crippen molar-refractivity contribution in [2.75, 3.05) is 16.4 Å². The van der Waals surface area contributed by atoms with Crippen LogP contribution in [0, 0.1) is 17.0 Å². The maximum Gasteiger partial charge on any atom is 0.271 e. The van der Waals surface area contributed by atoms with Crippen molar-refractivity contribution in [3.05, 3.63) is 33.9 Å². The highest BCUT2D eigenvalue weighted by Gasteiger charge is 2.14. The molecule has 18 heavy (non-hydrogen) atoms. The minimum atomic E-state index is -3.52. The van der Waals surface area contributed by atoms with Gasteiger partial charge in [-0.2, -0.15) is 0 Å². The van der Waals surface area contributed by atoms with Crippen LogP contribution in [0.3, 0.4) is 0 Å². The van der Waals surface area contributed by atoms with Gasteiger partial charge in [-0.3, -0.25) is 14.8 Å². The fraction of sp³-hybridized carbons (Fsp3) is 0.400. The van der Waals surface area contributed by atoms with Gasteiger partial charge in [0.25, 0.3) is 5.69 Å². The topological polar surface area (TPSA) is 89.3 Å². The van der Waals surface area contributed by atoms with E-state index in [-0.39, 0.29) is 23.0 Å². The number of benzene rings is 1. The van der Waals surface area contributed by atoms with Gasteiger partial charge in [-0.1, -0.05) is 6.07 Å². The van der Waals surface area contributed by atoms with Crippen molar-refractivity contribution < 1.29 is 13.3 Å². The molecule has 6 nitrogen and oxygen atoms in total. The Balaban J connectivity index is 2.96. The molecule has 0 bridgehead atoms. The van der Waals surface area contributed by atoms with Crippen LogP contribution in [0.4, 0.5) is 11.4 Å². The summed E-state index contributed by atoms with van der Waals surface area (Å²) in [7, 11) is -3.52. The lowest BCUT2D eigenvalue weighted by atomic mass is 10.2. The molecular formula is C10H13ClN2O4S. The van der Waals surface area contributed by atoms with Gasteiger partial charge >= 0.3 is 0 Å². The number of non-ortho nitro benzene ring substituents is 1. The molecule has 1 aromatic rings. The molecule has 0 saturated heterocycles. The van der Waals surface area contributed by atoms with Gasteiger partial charge in [-0.25, -0.2) is 8.42 Å². The summed E-state index contributed by atoms with van der Waals surface area (Å²) in [4.78, 5) is 10.0. The highest BCUT2D eigenvalue weighted by Crippen LogP contribution is 2.22. The van der Waals surface area contributed by atoms with E-state index < -0.39 is 14.9 Å². The average molecular weight is 293 g/mol. The predicted octanol–water partition coefficient (Wildman–Crippen LogP) is 2.27. The standard InChI is InChI=1S/C10H13ClN2O4S/c1-8-3-4-9(13(14)15)7-10(8)12-18(16,17)6-2-5-11/h3-4,7,12H,2,5-6H2,1H3. The second-order valence-electron chi connectivity index (χ2n) is 3.72. The number of hydrogen-bond acceptors (Lipinski definition) is 4. The number of anilines is 1. The van der Waals surface area contributed by atoms with Gasteiger partial charge in [0.2, 0.25) is 10.0 Å². The number of sulfonamides is 1. The third-order valence-electron chi connectivity index (χ3n) is 2.24. The Morgan fingerprint density at radius 2 is 2.11 bits per heavy atom. The number of nitrogens with one attached hydrogen (secondary N) is 1.